The molecule has 0 atom stereocenters. The van der Waals surface area contributed by atoms with Crippen molar-refractivity contribution >= 4 is 46.0 Å². The van der Waals surface area contributed by atoms with Crippen LogP contribution in [0.25, 0.3) is 0 Å². The van der Waals surface area contributed by atoms with Crippen molar-refractivity contribution in [3.8, 4) is 28.7 Å². The fourth-order valence-corrected chi connectivity index (χ4v) is 6.32. The van der Waals surface area contributed by atoms with Gasteiger partial charge in [0.1, 0.15) is 11.3 Å². The van der Waals surface area contributed by atoms with Crippen LogP contribution in [0.2, 0.25) is 0 Å². The minimum Gasteiger partial charge on any atom is -0.507 e. The van der Waals surface area contributed by atoms with Crippen LogP contribution < -0.4 is 28.7 Å². The molecule has 2 aromatic heterocycles. The van der Waals surface area contributed by atoms with Gasteiger partial charge < -0.3 is 44.1 Å². The number of anilines is 4. The average Bonchev–Trinajstić information content (AvgIpc) is 3.74. The molecule has 4 aromatic carbocycles. The van der Waals surface area contributed by atoms with E-state index >= 15 is 0 Å². The van der Waals surface area contributed by atoms with E-state index in [0.717, 1.165) is 28.6 Å². The van der Waals surface area contributed by atoms with Crippen molar-refractivity contribution < 1.29 is 79.0 Å². The van der Waals surface area contributed by atoms with E-state index in [2.05, 4.69) is 28.9 Å². The molecule has 22 heteroatoms. The molecule has 0 saturated carbocycles. The third kappa shape index (κ3) is 13.8. The van der Waals surface area contributed by atoms with Crippen LogP contribution in [0.1, 0.15) is 26.4 Å². The zero-order chi connectivity index (χ0) is 45.6. The number of aromatic hydroxyl groups is 1. The molecule has 2 heterocycles. The molecule has 0 spiro atoms. The zero-order valence-electron chi connectivity index (χ0n) is 31.9. The Morgan fingerprint density at radius 3 is 1.57 bits per heavy atom. The molecular weight excluding hydrogens is 877 g/mol. The number of carboxylic acid groups (broad SMARTS) is 2. The average molecular weight is 909 g/mol. The number of hydrogen-bond acceptors (Lipinski definition) is 12. The van der Waals surface area contributed by atoms with Gasteiger partial charge in [-0.25, -0.2) is 4.79 Å². The van der Waals surface area contributed by atoms with E-state index in [9.17, 15) is 54.9 Å². The lowest BCUT2D eigenvalue weighted by Crippen LogP contribution is -2.17. The number of aromatic nitrogens is 2. The highest BCUT2D eigenvalue weighted by atomic mass is 32.1. The van der Waals surface area contributed by atoms with Gasteiger partial charge in [-0.1, -0.05) is 18.2 Å². The van der Waals surface area contributed by atoms with Gasteiger partial charge in [-0.3, -0.25) is 14.8 Å². The van der Waals surface area contributed by atoms with Gasteiger partial charge in [-0.15, -0.1) is 11.3 Å². The fourth-order valence-electron chi connectivity index (χ4n) is 5.74. The quantitative estimate of drug-likeness (QED) is 0.0659. The highest BCUT2D eigenvalue weighted by Crippen LogP contribution is 2.40. The Kier molecular flexibility index (Phi) is 16.3. The molecule has 332 valence electrons. The predicted octanol–water partition coefficient (Wildman–Crippen LogP) is 10.3. The van der Waals surface area contributed by atoms with Crippen LogP contribution in [0.5, 0.6) is 28.7 Å². The van der Waals surface area contributed by atoms with Crippen LogP contribution in [-0.2, 0) is 24.3 Å². The van der Waals surface area contributed by atoms with E-state index in [0.29, 0.717) is 16.9 Å². The largest absolute Gasteiger partial charge is 0.507 e. The second kappa shape index (κ2) is 21.9. The van der Waals surface area contributed by atoms with Crippen molar-refractivity contribution in [1.82, 2.24) is 9.97 Å². The summed E-state index contributed by atoms with van der Waals surface area (Å²) in [5.41, 5.74) is 4.01. The third-order valence-corrected chi connectivity index (χ3v) is 9.09. The molecule has 0 bridgehead atoms. The van der Waals surface area contributed by atoms with Gasteiger partial charge in [-0.05, 0) is 71.8 Å². The molecule has 0 aliphatic rings. The Morgan fingerprint density at radius 1 is 0.587 bits per heavy atom. The second-order valence-corrected chi connectivity index (χ2v) is 13.5. The summed E-state index contributed by atoms with van der Waals surface area (Å²) in [4.78, 5) is 34.3. The summed E-state index contributed by atoms with van der Waals surface area (Å²) in [6.07, 6.45) is 4.62. The molecule has 6 aromatic rings. The van der Waals surface area contributed by atoms with E-state index in [1.54, 1.807) is 59.3 Å². The molecule has 0 aliphatic carbocycles. The molecule has 13 nitrogen and oxygen atoms in total. The topological polar surface area (TPSA) is 164 Å². The molecule has 0 amide bonds. The van der Waals surface area contributed by atoms with Gasteiger partial charge in [0.15, 0.2) is 23.0 Å². The highest BCUT2D eigenvalue weighted by molar-refractivity contribution is 7.09. The Balaban J connectivity index is 0.000000238. The van der Waals surface area contributed by atoms with Gasteiger partial charge in [0.25, 0.3) is 0 Å². The summed E-state index contributed by atoms with van der Waals surface area (Å²) in [6.45, 7) is -12.6. The molecule has 63 heavy (non-hydrogen) atoms. The van der Waals surface area contributed by atoms with Crippen molar-refractivity contribution in [2.75, 3.05) is 9.80 Å². The number of phenols is 1. The van der Waals surface area contributed by atoms with E-state index in [-0.39, 0.29) is 36.4 Å². The summed E-state index contributed by atoms with van der Waals surface area (Å²) in [7, 11) is 0. The zero-order valence-corrected chi connectivity index (χ0v) is 32.7. The van der Waals surface area contributed by atoms with Gasteiger partial charge in [0, 0.05) is 64.9 Å². The Morgan fingerprint density at radius 2 is 1.10 bits per heavy atom. The molecule has 0 unspecified atom stereocenters. The van der Waals surface area contributed by atoms with E-state index in [1.807, 2.05) is 6.07 Å². The van der Waals surface area contributed by atoms with E-state index in [1.165, 1.54) is 52.6 Å². The normalized spacial score (nSPS) is 11.0. The van der Waals surface area contributed by atoms with Crippen LogP contribution >= 0.6 is 11.3 Å². The Hall–Kier alpha value is -7.36. The SMILES string of the molecule is O=C(O)Cc1ccc(N(Cc2cccnc2)c2ccc(OC(F)F)c(OC(F)F)c2)cc1.O=C(O)c1cc(N(Cc2cncs2)c2ccc(OC(F)F)c(OC(F)F)c2)ccc1O. The van der Waals surface area contributed by atoms with Crippen molar-refractivity contribution in [3.05, 3.63) is 137 Å². The Labute approximate surface area is 355 Å². The number of aromatic carboxylic acids is 1. The molecule has 6 rings (SSSR count). The molecule has 0 saturated heterocycles. The lowest BCUT2D eigenvalue weighted by atomic mass is 10.1. The van der Waals surface area contributed by atoms with Crippen LogP contribution in [0, 0.1) is 0 Å². The van der Waals surface area contributed by atoms with Crippen LogP contribution in [0.3, 0.4) is 0 Å². The van der Waals surface area contributed by atoms with Crippen molar-refractivity contribution in [2.24, 2.45) is 0 Å². The van der Waals surface area contributed by atoms with E-state index in [4.69, 9.17) is 5.11 Å². The number of ether oxygens (including phenoxy) is 4. The maximum atomic E-state index is 12.9. The number of aliphatic carboxylic acids is 1. The first-order valence-electron chi connectivity index (χ1n) is 17.8. The molecule has 0 fully saturated rings. The van der Waals surface area contributed by atoms with Gasteiger partial charge in [0.2, 0.25) is 0 Å². The maximum absolute atomic E-state index is 12.9. The van der Waals surface area contributed by atoms with Gasteiger partial charge in [0.05, 0.1) is 18.5 Å². The standard InChI is InChI=1S/C22H18F4N2O4.C19H14F4N2O5S/c23-21(24)31-18-8-7-17(11-19(18)32-22(25)26)28(13-15-2-1-9-27-12-15)16-5-3-14(4-6-16)10-20(29)30;20-18(21)29-15-4-2-11(6-16(15)30-19(22)23)25(8-12-7-24-9-31-12)10-1-3-14(26)13(5-10)17(27)28/h1-9,11-12,21-22H,10,13H2,(H,29,30);1-7,9,18-19,26H,8H2,(H,27,28). The predicted molar refractivity (Wildman–Crippen MR) is 210 cm³/mol. The molecule has 3 N–H and O–H groups in total. The first-order chi connectivity index (χ1) is 30.1. The summed E-state index contributed by atoms with van der Waals surface area (Å²) >= 11 is 1.29. The highest BCUT2D eigenvalue weighted by Gasteiger charge is 2.22. The van der Waals surface area contributed by atoms with E-state index < -0.39 is 67.1 Å². The van der Waals surface area contributed by atoms with Crippen LogP contribution in [0.15, 0.2) is 115 Å². The number of carboxylic acids is 2. The summed E-state index contributed by atoms with van der Waals surface area (Å²) < 4.78 is 119. The smallest absolute Gasteiger partial charge is 0.387 e. The number of alkyl halides is 8. The summed E-state index contributed by atoms with van der Waals surface area (Å²) in [5, 5.41) is 28.0. The van der Waals surface area contributed by atoms with Crippen molar-refractivity contribution in [3.63, 3.8) is 0 Å². The number of pyridine rings is 1. The third-order valence-electron chi connectivity index (χ3n) is 8.33. The fraction of sp³-hybridized carbons (Fsp3) is 0.171. The second-order valence-electron chi connectivity index (χ2n) is 12.5. The molecule has 0 aliphatic heterocycles. The minimum atomic E-state index is -3.29. The number of nitrogens with zero attached hydrogens (tertiary/aromatic N) is 4. The van der Waals surface area contributed by atoms with Crippen LogP contribution in [-0.4, -0.2) is 63.7 Å². The molecular formula is C41H32F8N4O9S. The number of halogens is 8. The monoisotopic (exact) mass is 908 g/mol. The number of benzene rings is 4. The minimum absolute atomic E-state index is 0.137. The van der Waals surface area contributed by atoms with Crippen LogP contribution in [0.4, 0.5) is 57.9 Å². The van der Waals surface area contributed by atoms with Crippen molar-refractivity contribution in [2.45, 2.75) is 46.0 Å². The number of hydrogen-bond donors (Lipinski definition) is 3. The van der Waals surface area contributed by atoms with Gasteiger partial charge in [-0.2, -0.15) is 35.1 Å². The summed E-state index contributed by atoms with van der Waals surface area (Å²) in [6, 6.07) is 21.1. The Bertz CT molecular complexity index is 2420. The first-order valence-corrected chi connectivity index (χ1v) is 18.7. The number of thiazole rings is 1. The lowest BCUT2D eigenvalue weighted by molar-refractivity contribution is -0.136. The maximum Gasteiger partial charge on any atom is 0.387 e. The number of rotatable bonds is 19. The molecule has 0 radical (unpaired) electrons. The van der Waals surface area contributed by atoms with Crippen molar-refractivity contribution in [1.29, 1.82) is 0 Å². The van der Waals surface area contributed by atoms with Gasteiger partial charge >= 0.3 is 38.4 Å². The lowest BCUT2D eigenvalue weighted by Gasteiger charge is -2.26. The summed E-state index contributed by atoms with van der Waals surface area (Å²) in [5.74, 6) is -5.10. The first kappa shape index (κ1) is 46.7. The number of carbonyl (C=O) groups is 2.